The molecule has 0 spiro atoms. The van der Waals surface area contributed by atoms with E-state index in [9.17, 15) is 13.6 Å². The fourth-order valence-corrected chi connectivity index (χ4v) is 3.44. The molecule has 23 heavy (non-hydrogen) atoms. The minimum absolute atomic E-state index is 0.157. The van der Waals surface area contributed by atoms with E-state index in [0.717, 1.165) is 42.8 Å². The SMILES string of the molecule is O=C(Nc1ccc(F)c(F)c1)N(Cc1nccs1)C1CCCC1. The van der Waals surface area contributed by atoms with E-state index in [1.165, 1.54) is 17.4 Å². The van der Waals surface area contributed by atoms with Crippen LogP contribution in [0.4, 0.5) is 19.3 Å². The Kier molecular flexibility index (Phi) is 4.85. The Balaban J connectivity index is 1.74. The highest BCUT2D eigenvalue weighted by Crippen LogP contribution is 2.26. The lowest BCUT2D eigenvalue weighted by Gasteiger charge is -2.28. The molecule has 122 valence electrons. The number of hydrogen-bond acceptors (Lipinski definition) is 3. The second-order valence-corrected chi connectivity index (χ2v) is 6.53. The molecule has 3 rings (SSSR count). The van der Waals surface area contributed by atoms with Crippen LogP contribution in [0, 0.1) is 11.6 Å². The van der Waals surface area contributed by atoms with Crippen LogP contribution in [0.1, 0.15) is 30.7 Å². The third-order valence-electron chi connectivity index (χ3n) is 3.99. The van der Waals surface area contributed by atoms with Crippen LogP contribution in [0.5, 0.6) is 0 Å². The molecule has 1 fully saturated rings. The van der Waals surface area contributed by atoms with Crippen molar-refractivity contribution in [1.29, 1.82) is 0 Å². The number of nitrogens with zero attached hydrogens (tertiary/aromatic N) is 2. The van der Waals surface area contributed by atoms with Gasteiger partial charge in [-0.3, -0.25) is 0 Å². The van der Waals surface area contributed by atoms with Gasteiger partial charge in [0.05, 0.1) is 6.54 Å². The predicted molar refractivity (Wildman–Crippen MR) is 85.3 cm³/mol. The molecule has 0 unspecified atom stereocenters. The van der Waals surface area contributed by atoms with Gasteiger partial charge in [0, 0.05) is 29.4 Å². The first-order chi connectivity index (χ1) is 11.1. The van der Waals surface area contributed by atoms with Gasteiger partial charge < -0.3 is 10.2 Å². The molecule has 0 radical (unpaired) electrons. The van der Waals surface area contributed by atoms with E-state index in [4.69, 9.17) is 0 Å². The largest absolute Gasteiger partial charge is 0.322 e. The van der Waals surface area contributed by atoms with Gasteiger partial charge in [-0.15, -0.1) is 11.3 Å². The van der Waals surface area contributed by atoms with Gasteiger partial charge >= 0.3 is 6.03 Å². The zero-order valence-electron chi connectivity index (χ0n) is 12.5. The van der Waals surface area contributed by atoms with E-state index >= 15 is 0 Å². The number of halogens is 2. The summed E-state index contributed by atoms with van der Waals surface area (Å²) in [4.78, 5) is 18.6. The summed E-state index contributed by atoms with van der Waals surface area (Å²) in [5.74, 6) is -1.91. The molecule has 1 saturated carbocycles. The lowest BCUT2D eigenvalue weighted by molar-refractivity contribution is 0.184. The number of aromatic nitrogens is 1. The summed E-state index contributed by atoms with van der Waals surface area (Å²) in [5.41, 5.74) is 0.246. The normalized spacial score (nSPS) is 14.9. The Hall–Kier alpha value is -2.02. The Morgan fingerprint density at radius 1 is 1.30 bits per heavy atom. The third-order valence-corrected chi connectivity index (χ3v) is 4.75. The molecule has 0 bridgehead atoms. The Labute approximate surface area is 137 Å². The van der Waals surface area contributed by atoms with Crippen LogP contribution in [0.25, 0.3) is 0 Å². The maximum atomic E-state index is 13.3. The first-order valence-electron chi connectivity index (χ1n) is 7.54. The summed E-state index contributed by atoms with van der Waals surface area (Å²) in [5, 5.41) is 5.39. The zero-order valence-corrected chi connectivity index (χ0v) is 13.3. The number of amides is 2. The average molecular weight is 337 g/mol. The number of nitrogens with one attached hydrogen (secondary N) is 1. The van der Waals surface area contributed by atoms with E-state index in [2.05, 4.69) is 10.3 Å². The fraction of sp³-hybridized carbons (Fsp3) is 0.375. The van der Waals surface area contributed by atoms with Crippen molar-refractivity contribution in [3.8, 4) is 0 Å². The van der Waals surface area contributed by atoms with E-state index in [-0.39, 0.29) is 17.8 Å². The number of anilines is 1. The first-order valence-corrected chi connectivity index (χ1v) is 8.42. The Morgan fingerprint density at radius 2 is 2.09 bits per heavy atom. The second kappa shape index (κ2) is 7.04. The van der Waals surface area contributed by atoms with Crippen LogP contribution >= 0.6 is 11.3 Å². The van der Waals surface area contributed by atoms with E-state index in [1.807, 2.05) is 5.38 Å². The molecule has 1 aromatic carbocycles. The molecule has 4 nitrogen and oxygen atoms in total. The summed E-state index contributed by atoms with van der Waals surface area (Å²) >= 11 is 1.50. The summed E-state index contributed by atoms with van der Waals surface area (Å²) in [6, 6.07) is 3.20. The van der Waals surface area contributed by atoms with Gasteiger partial charge in [0.1, 0.15) is 5.01 Å². The molecule has 0 saturated heterocycles. The highest BCUT2D eigenvalue weighted by Gasteiger charge is 2.27. The maximum absolute atomic E-state index is 13.3. The molecule has 1 N–H and O–H groups in total. The number of benzene rings is 1. The minimum atomic E-state index is -0.977. The molecule has 7 heteroatoms. The molecule has 1 aliphatic rings. The number of rotatable bonds is 4. The molecule has 1 aromatic heterocycles. The third kappa shape index (κ3) is 3.85. The summed E-state index contributed by atoms with van der Waals surface area (Å²) in [7, 11) is 0. The molecule has 0 aliphatic heterocycles. The van der Waals surface area contributed by atoms with Crippen molar-refractivity contribution < 1.29 is 13.6 Å². The quantitative estimate of drug-likeness (QED) is 0.899. The lowest BCUT2D eigenvalue weighted by atomic mass is 10.2. The molecule has 0 atom stereocenters. The van der Waals surface area contributed by atoms with Crippen LogP contribution in [0.3, 0.4) is 0 Å². The van der Waals surface area contributed by atoms with Gasteiger partial charge in [-0.05, 0) is 25.0 Å². The van der Waals surface area contributed by atoms with Crippen molar-refractivity contribution in [1.82, 2.24) is 9.88 Å². The minimum Gasteiger partial charge on any atom is -0.315 e. The number of urea groups is 1. The van der Waals surface area contributed by atoms with Crippen molar-refractivity contribution in [2.45, 2.75) is 38.3 Å². The molecular formula is C16H17F2N3OS. The van der Waals surface area contributed by atoms with Gasteiger partial charge in [-0.2, -0.15) is 0 Å². The fourth-order valence-electron chi connectivity index (χ4n) is 2.83. The average Bonchev–Trinajstić information content (AvgIpc) is 3.21. The summed E-state index contributed by atoms with van der Waals surface area (Å²) < 4.78 is 26.3. The summed E-state index contributed by atoms with van der Waals surface area (Å²) in [6.07, 6.45) is 5.81. The number of thiazole rings is 1. The van der Waals surface area contributed by atoms with Crippen LogP contribution in [-0.4, -0.2) is 22.0 Å². The Morgan fingerprint density at radius 3 is 2.74 bits per heavy atom. The van der Waals surface area contributed by atoms with Gasteiger partial charge in [0.25, 0.3) is 0 Å². The van der Waals surface area contributed by atoms with Crippen LogP contribution in [0.2, 0.25) is 0 Å². The first kappa shape index (κ1) is 15.9. The Bertz CT molecular complexity index is 672. The summed E-state index contributed by atoms with van der Waals surface area (Å²) in [6.45, 7) is 0.428. The van der Waals surface area contributed by atoms with Gasteiger partial charge in [-0.1, -0.05) is 12.8 Å². The second-order valence-electron chi connectivity index (χ2n) is 5.55. The van der Waals surface area contributed by atoms with Crippen LogP contribution < -0.4 is 5.32 Å². The smallest absolute Gasteiger partial charge is 0.315 e. The van der Waals surface area contributed by atoms with Crippen molar-refractivity contribution in [2.75, 3.05) is 5.32 Å². The van der Waals surface area contributed by atoms with Crippen LogP contribution in [0.15, 0.2) is 29.8 Å². The number of carbonyl (C=O) groups excluding carboxylic acids is 1. The molecular weight excluding hydrogens is 320 g/mol. The van der Waals surface area contributed by atoms with E-state index < -0.39 is 11.6 Å². The standard InChI is InChI=1S/C16H17F2N3OS/c17-13-6-5-11(9-14(13)18)20-16(22)21(12-3-1-2-4-12)10-15-19-7-8-23-15/h5-9,12H,1-4,10H2,(H,20,22). The molecule has 1 aliphatic carbocycles. The number of hydrogen-bond donors (Lipinski definition) is 1. The zero-order chi connectivity index (χ0) is 16.2. The lowest BCUT2D eigenvalue weighted by Crippen LogP contribution is -2.41. The monoisotopic (exact) mass is 337 g/mol. The highest BCUT2D eigenvalue weighted by atomic mass is 32.1. The van der Waals surface area contributed by atoms with Crippen molar-refractivity contribution >= 4 is 23.1 Å². The molecule has 1 heterocycles. The molecule has 2 amide bonds. The van der Waals surface area contributed by atoms with Gasteiger partial charge in [-0.25, -0.2) is 18.6 Å². The van der Waals surface area contributed by atoms with Crippen molar-refractivity contribution in [3.05, 3.63) is 46.4 Å². The predicted octanol–water partition coefficient (Wildman–Crippen LogP) is 4.40. The van der Waals surface area contributed by atoms with Gasteiger partial charge in [0.2, 0.25) is 0 Å². The van der Waals surface area contributed by atoms with E-state index in [0.29, 0.717) is 6.54 Å². The number of carbonyl (C=O) groups is 1. The van der Waals surface area contributed by atoms with Crippen LogP contribution in [-0.2, 0) is 6.54 Å². The van der Waals surface area contributed by atoms with Crippen molar-refractivity contribution in [3.63, 3.8) is 0 Å². The van der Waals surface area contributed by atoms with Gasteiger partial charge in [0.15, 0.2) is 11.6 Å². The van der Waals surface area contributed by atoms with Crippen molar-refractivity contribution in [2.24, 2.45) is 0 Å². The maximum Gasteiger partial charge on any atom is 0.322 e. The molecule has 2 aromatic rings. The van der Waals surface area contributed by atoms with E-state index in [1.54, 1.807) is 11.1 Å². The topological polar surface area (TPSA) is 45.2 Å². The highest BCUT2D eigenvalue weighted by molar-refractivity contribution is 7.09.